The van der Waals surface area contributed by atoms with Crippen LogP contribution in [0.5, 0.6) is 0 Å². The van der Waals surface area contributed by atoms with Gasteiger partial charge in [-0.2, -0.15) is 0 Å². The summed E-state index contributed by atoms with van der Waals surface area (Å²) in [5, 5.41) is 3.05. The molecule has 1 aromatic heterocycles. The highest BCUT2D eigenvalue weighted by Crippen LogP contribution is 2.29. The van der Waals surface area contributed by atoms with Gasteiger partial charge in [0.15, 0.2) is 0 Å². The molecule has 0 aliphatic rings. The summed E-state index contributed by atoms with van der Waals surface area (Å²) in [5.74, 6) is 0.391. The smallest absolute Gasteiger partial charge is 0.251 e. The van der Waals surface area contributed by atoms with Gasteiger partial charge in [0.2, 0.25) is 0 Å². The third-order valence-electron chi connectivity index (χ3n) is 4.39. The standard InChI is InChI=1S/C23H25ClFN3O/c1-14(2)21-26-8-9-28(21)18-11-16(15-6-7-19(24)20(25)13-15)10-17(12-18)22(29)27-23(3,4)5/h6-14H,1-5H3,(H,27,29). The first-order valence-electron chi connectivity index (χ1n) is 9.52. The zero-order valence-electron chi connectivity index (χ0n) is 17.3. The van der Waals surface area contributed by atoms with Gasteiger partial charge in [0.05, 0.1) is 5.02 Å². The van der Waals surface area contributed by atoms with Crippen LogP contribution in [0.3, 0.4) is 0 Å². The molecule has 3 aromatic rings. The maximum atomic E-state index is 14.1. The molecule has 0 radical (unpaired) electrons. The summed E-state index contributed by atoms with van der Waals surface area (Å²) in [4.78, 5) is 17.3. The second kappa shape index (κ2) is 7.99. The number of hydrogen-bond donors (Lipinski definition) is 1. The number of benzene rings is 2. The predicted molar refractivity (Wildman–Crippen MR) is 115 cm³/mol. The summed E-state index contributed by atoms with van der Waals surface area (Å²) >= 11 is 5.84. The Morgan fingerprint density at radius 1 is 1.14 bits per heavy atom. The number of aromatic nitrogens is 2. The molecule has 29 heavy (non-hydrogen) atoms. The van der Waals surface area contributed by atoms with Crippen molar-refractivity contribution in [3.63, 3.8) is 0 Å². The molecule has 3 rings (SSSR count). The molecule has 0 aliphatic carbocycles. The predicted octanol–water partition coefficient (Wildman–Crippen LogP) is 5.98. The van der Waals surface area contributed by atoms with Crippen LogP contribution in [0.2, 0.25) is 5.02 Å². The Balaban J connectivity index is 2.17. The number of carbonyl (C=O) groups is 1. The highest BCUT2D eigenvalue weighted by molar-refractivity contribution is 6.30. The van der Waals surface area contributed by atoms with E-state index in [0.717, 1.165) is 17.1 Å². The number of nitrogens with zero attached hydrogens (tertiary/aromatic N) is 2. The normalized spacial score (nSPS) is 11.7. The van der Waals surface area contributed by atoms with E-state index in [1.54, 1.807) is 18.3 Å². The van der Waals surface area contributed by atoms with Gasteiger partial charge in [-0.05, 0) is 62.2 Å². The maximum absolute atomic E-state index is 14.1. The quantitative estimate of drug-likeness (QED) is 0.571. The molecule has 0 saturated heterocycles. The first-order valence-corrected chi connectivity index (χ1v) is 9.89. The first-order chi connectivity index (χ1) is 13.5. The molecular weight excluding hydrogens is 389 g/mol. The topological polar surface area (TPSA) is 46.9 Å². The van der Waals surface area contributed by atoms with E-state index in [9.17, 15) is 9.18 Å². The monoisotopic (exact) mass is 413 g/mol. The molecule has 6 heteroatoms. The van der Waals surface area contributed by atoms with Crippen molar-refractivity contribution in [2.75, 3.05) is 0 Å². The van der Waals surface area contributed by atoms with Gasteiger partial charge in [-0.3, -0.25) is 4.79 Å². The third-order valence-corrected chi connectivity index (χ3v) is 4.69. The van der Waals surface area contributed by atoms with Gasteiger partial charge < -0.3 is 9.88 Å². The summed E-state index contributed by atoms with van der Waals surface area (Å²) in [7, 11) is 0. The Hall–Kier alpha value is -2.66. The van der Waals surface area contributed by atoms with Gasteiger partial charge >= 0.3 is 0 Å². The lowest BCUT2D eigenvalue weighted by Gasteiger charge is -2.21. The molecule has 152 valence electrons. The number of hydrogen-bond acceptors (Lipinski definition) is 2. The van der Waals surface area contributed by atoms with Crippen molar-refractivity contribution < 1.29 is 9.18 Å². The zero-order valence-corrected chi connectivity index (χ0v) is 18.0. The van der Waals surface area contributed by atoms with E-state index < -0.39 is 5.82 Å². The van der Waals surface area contributed by atoms with Crippen molar-refractivity contribution in [3.05, 3.63) is 71.0 Å². The van der Waals surface area contributed by atoms with Crippen LogP contribution in [-0.4, -0.2) is 21.0 Å². The number of nitrogens with one attached hydrogen (secondary N) is 1. The third kappa shape index (κ3) is 4.85. The Labute approximate surface area is 175 Å². The van der Waals surface area contributed by atoms with Crippen molar-refractivity contribution in [1.82, 2.24) is 14.9 Å². The molecule has 0 aliphatic heterocycles. The molecule has 1 N–H and O–H groups in total. The summed E-state index contributed by atoms with van der Waals surface area (Å²) < 4.78 is 16.0. The Morgan fingerprint density at radius 3 is 2.48 bits per heavy atom. The van der Waals surface area contributed by atoms with Gasteiger partial charge in [0.1, 0.15) is 11.6 Å². The van der Waals surface area contributed by atoms with E-state index in [1.165, 1.54) is 12.1 Å². The average molecular weight is 414 g/mol. The van der Waals surface area contributed by atoms with Gasteiger partial charge in [-0.15, -0.1) is 0 Å². The molecule has 0 saturated carbocycles. The minimum Gasteiger partial charge on any atom is -0.347 e. The van der Waals surface area contributed by atoms with E-state index in [1.807, 2.05) is 43.7 Å². The van der Waals surface area contributed by atoms with Crippen LogP contribution in [0, 0.1) is 5.82 Å². The largest absolute Gasteiger partial charge is 0.347 e. The molecular formula is C23H25ClFN3O. The highest BCUT2D eigenvalue weighted by atomic mass is 35.5. The second-order valence-corrected chi connectivity index (χ2v) is 8.82. The van der Waals surface area contributed by atoms with Crippen LogP contribution >= 0.6 is 11.6 Å². The van der Waals surface area contributed by atoms with Crippen LogP contribution in [0.1, 0.15) is 56.7 Å². The van der Waals surface area contributed by atoms with Gasteiger partial charge in [-0.1, -0.05) is 31.5 Å². The molecule has 2 aromatic carbocycles. The van der Waals surface area contributed by atoms with E-state index in [4.69, 9.17) is 11.6 Å². The van der Waals surface area contributed by atoms with Crippen LogP contribution in [0.15, 0.2) is 48.8 Å². The summed E-state index contributed by atoms with van der Waals surface area (Å²) in [5.41, 5.74) is 2.27. The van der Waals surface area contributed by atoms with Crippen LogP contribution in [-0.2, 0) is 0 Å². The number of imidazole rings is 1. The molecule has 0 unspecified atom stereocenters. The summed E-state index contributed by atoms with van der Waals surface area (Å²) in [6.07, 6.45) is 3.60. The molecule has 4 nitrogen and oxygen atoms in total. The lowest BCUT2D eigenvalue weighted by molar-refractivity contribution is 0.0919. The number of amides is 1. The second-order valence-electron chi connectivity index (χ2n) is 8.41. The molecule has 1 amide bonds. The van der Waals surface area contributed by atoms with Crippen LogP contribution in [0.4, 0.5) is 4.39 Å². The van der Waals surface area contributed by atoms with Gasteiger partial charge in [-0.25, -0.2) is 9.37 Å². The van der Waals surface area contributed by atoms with E-state index in [-0.39, 0.29) is 22.4 Å². The maximum Gasteiger partial charge on any atom is 0.251 e. The van der Waals surface area contributed by atoms with Crippen LogP contribution < -0.4 is 5.32 Å². The van der Waals surface area contributed by atoms with E-state index in [2.05, 4.69) is 24.1 Å². The van der Waals surface area contributed by atoms with Crippen LogP contribution in [0.25, 0.3) is 16.8 Å². The molecule has 1 heterocycles. The van der Waals surface area contributed by atoms with Gasteiger partial charge in [0, 0.05) is 35.1 Å². The fourth-order valence-electron chi connectivity index (χ4n) is 3.10. The Morgan fingerprint density at radius 2 is 1.86 bits per heavy atom. The first kappa shape index (κ1) is 21.1. The molecule has 0 spiro atoms. The van der Waals surface area contributed by atoms with E-state index in [0.29, 0.717) is 11.1 Å². The van der Waals surface area contributed by atoms with Crippen molar-refractivity contribution in [2.24, 2.45) is 0 Å². The molecule has 0 bridgehead atoms. The highest BCUT2D eigenvalue weighted by Gasteiger charge is 2.18. The fraction of sp³-hybridized carbons (Fsp3) is 0.304. The number of halogens is 2. The lowest BCUT2D eigenvalue weighted by Crippen LogP contribution is -2.40. The van der Waals surface area contributed by atoms with Crippen molar-refractivity contribution in [1.29, 1.82) is 0 Å². The van der Waals surface area contributed by atoms with E-state index >= 15 is 0 Å². The fourth-order valence-corrected chi connectivity index (χ4v) is 3.21. The van der Waals surface area contributed by atoms with Crippen molar-refractivity contribution >= 4 is 17.5 Å². The summed E-state index contributed by atoms with van der Waals surface area (Å²) in [6.45, 7) is 9.90. The zero-order chi connectivity index (χ0) is 21.3. The molecule has 0 atom stereocenters. The number of rotatable bonds is 4. The average Bonchev–Trinajstić information content (AvgIpc) is 3.12. The van der Waals surface area contributed by atoms with Crippen molar-refractivity contribution in [2.45, 2.75) is 46.1 Å². The number of carbonyl (C=O) groups excluding carboxylic acids is 1. The van der Waals surface area contributed by atoms with Crippen molar-refractivity contribution in [3.8, 4) is 16.8 Å². The Bertz CT molecular complexity index is 1050. The molecule has 0 fully saturated rings. The minimum absolute atomic E-state index is 0.0623. The Kier molecular flexibility index (Phi) is 5.80. The lowest BCUT2D eigenvalue weighted by atomic mass is 10.00. The minimum atomic E-state index is -0.499. The van der Waals surface area contributed by atoms with Gasteiger partial charge in [0.25, 0.3) is 5.91 Å². The summed E-state index contributed by atoms with van der Waals surface area (Å²) in [6, 6.07) is 10.1. The SMILES string of the molecule is CC(C)c1nccn1-c1cc(C(=O)NC(C)(C)C)cc(-c2ccc(Cl)c(F)c2)c1.